The third-order valence-electron chi connectivity index (χ3n) is 10.6. The summed E-state index contributed by atoms with van der Waals surface area (Å²) in [5, 5.41) is 51.2. The molecule has 4 aromatic rings. The number of aldehydes is 1. The molecule has 0 bridgehead atoms. The number of nitrogens with zero attached hydrogens (tertiary/aromatic N) is 2. The third kappa shape index (κ3) is 21.4. The number of benzene rings is 4. The van der Waals surface area contributed by atoms with Crippen molar-refractivity contribution in [1.82, 2.24) is 0 Å². The molecule has 0 saturated carbocycles. The van der Waals surface area contributed by atoms with Gasteiger partial charge in [-0.15, -0.1) is 0 Å². The van der Waals surface area contributed by atoms with E-state index < -0.39 is 59.9 Å². The van der Waals surface area contributed by atoms with Gasteiger partial charge in [0.15, 0.2) is 13.8 Å². The first-order chi connectivity index (χ1) is 34.6. The number of fused-ring (bicyclic) bond motifs is 1. The largest absolute Gasteiger partial charge is 1.00 e. The SMILES string of the molecule is CC(=O)O.CC(=O)O.CC1(C)OB(c2c(C=O)cccc2OCOB=N)OC1(C)C.C[N+](=O)[O-].NCC1OB2OCCOc3cccc1c32.O=[N+]([O-])CC1OB(O)c2c(OCOCc3ccccc3)cccc21.[Na+].[OH-]. The van der Waals surface area contributed by atoms with Crippen molar-refractivity contribution in [3.8, 4) is 17.2 Å². The van der Waals surface area contributed by atoms with Crippen molar-refractivity contribution < 1.29 is 121 Å². The van der Waals surface area contributed by atoms with E-state index in [0.717, 1.165) is 56.8 Å². The van der Waals surface area contributed by atoms with Gasteiger partial charge in [-0.3, -0.25) is 29.8 Å². The summed E-state index contributed by atoms with van der Waals surface area (Å²) in [5.74, 6) is 0.0369. The Bertz CT molecular complexity index is 2410. The molecule has 2 unspecified atom stereocenters. The van der Waals surface area contributed by atoms with Crippen molar-refractivity contribution >= 4 is 63.2 Å². The van der Waals surface area contributed by atoms with E-state index in [1.807, 2.05) is 76.2 Å². The van der Waals surface area contributed by atoms with E-state index in [4.69, 9.17) is 87.8 Å². The van der Waals surface area contributed by atoms with E-state index in [2.05, 4.69) is 0 Å². The van der Waals surface area contributed by atoms with Gasteiger partial charge in [0.1, 0.15) is 24.2 Å². The third-order valence-corrected chi connectivity index (χ3v) is 10.6. The van der Waals surface area contributed by atoms with Crippen molar-refractivity contribution in [2.24, 2.45) is 5.73 Å². The van der Waals surface area contributed by atoms with Crippen LogP contribution in [0.5, 0.6) is 17.2 Å². The monoisotopic (exact) mass is 1060 g/mol. The Morgan fingerprint density at radius 3 is 1.89 bits per heavy atom. The molecule has 25 nitrogen and oxygen atoms in total. The molecule has 0 aliphatic carbocycles. The minimum atomic E-state index is -1.24. The first-order valence-corrected chi connectivity index (χ1v) is 22.3. The van der Waals surface area contributed by atoms with Gasteiger partial charge in [0.2, 0.25) is 6.54 Å². The first kappa shape index (κ1) is 67.2. The molecule has 2 atom stereocenters. The molecule has 1 saturated heterocycles. The number of carboxylic acid groups (broad SMARTS) is 2. The van der Waals surface area contributed by atoms with Gasteiger partial charge in [-0.2, -0.15) is 0 Å². The van der Waals surface area contributed by atoms with Gasteiger partial charge in [-0.1, -0.05) is 54.6 Å². The quantitative estimate of drug-likeness (QED) is 0.0266. The molecular weight excluding hydrogens is 999 g/mol. The van der Waals surface area contributed by atoms with Crippen LogP contribution in [0.25, 0.3) is 0 Å². The maximum atomic E-state index is 11.4. The Morgan fingerprint density at radius 2 is 1.35 bits per heavy atom. The molecule has 398 valence electrons. The second kappa shape index (κ2) is 33.3. The second-order valence-corrected chi connectivity index (χ2v) is 16.5. The number of nitrogens with one attached hydrogen (secondary N) is 1. The molecule has 0 aromatic heterocycles. The van der Waals surface area contributed by atoms with Gasteiger partial charge in [0, 0.05) is 41.2 Å². The molecule has 75 heavy (non-hydrogen) atoms. The van der Waals surface area contributed by atoms with Gasteiger partial charge >= 0.3 is 174 Å². The summed E-state index contributed by atoms with van der Waals surface area (Å²) in [5.41, 5.74) is 9.72. The van der Waals surface area contributed by atoms with Crippen LogP contribution in [0.1, 0.15) is 80.8 Å². The second-order valence-electron chi connectivity index (χ2n) is 16.5. The Balaban J connectivity index is 0.000000508. The predicted octanol–water partition coefficient (Wildman–Crippen LogP) is -0.469. The number of hydrogen-bond donors (Lipinski definition) is 5. The standard InChI is InChI=1S/C16H16BNO6.C14H19B2NO5.C10H12BNO3.2C2H4O2.CH3NO2.Na.H2O/c19-17-16-13(15(24-17)9-18(20)21)7-4-8-14(16)23-11-22-10-12-5-2-1-3-6-12;1-13(2)14(3,4)22-16(21-13)12-10(8-18)6-5-7-11(12)19-9-20-15-17;12-6-9-7-2-1-3-8-10(7)11(15-9)14-5-4-13-8;3*1-2(3)4;;/h1-8,15,19H,9-11H2;5-8,17H,9H2,1-4H3;1-3,9H,4-6,12H2;2*1H3,(H,3,4);1H3;;1H2/q;;;;;;+1;/p-1. The van der Waals surface area contributed by atoms with Crippen LogP contribution in [0.15, 0.2) is 84.9 Å². The summed E-state index contributed by atoms with van der Waals surface area (Å²) < 4.78 is 55.4. The van der Waals surface area contributed by atoms with E-state index in [1.165, 1.54) is 0 Å². The number of ether oxygens (including phenoxy) is 4. The van der Waals surface area contributed by atoms with Crippen molar-refractivity contribution in [2.75, 3.05) is 46.9 Å². The number of rotatable bonds is 14. The summed E-state index contributed by atoms with van der Waals surface area (Å²) in [6.45, 7) is 11.4. The van der Waals surface area contributed by atoms with Gasteiger partial charge in [0.25, 0.3) is 11.9 Å². The van der Waals surface area contributed by atoms with Crippen LogP contribution in [0.2, 0.25) is 0 Å². The van der Waals surface area contributed by atoms with Crippen molar-refractivity contribution in [1.29, 1.82) is 5.31 Å². The molecule has 7 N–H and O–H groups in total. The zero-order chi connectivity index (χ0) is 54.3. The van der Waals surface area contributed by atoms with Crippen LogP contribution in [-0.2, 0) is 48.9 Å². The van der Waals surface area contributed by atoms with Crippen molar-refractivity contribution in [3.05, 3.63) is 127 Å². The molecule has 0 spiro atoms. The van der Waals surface area contributed by atoms with Crippen molar-refractivity contribution in [2.45, 2.75) is 71.6 Å². The smallest absolute Gasteiger partial charge is 0.870 e. The van der Waals surface area contributed by atoms with Crippen LogP contribution in [-0.4, -0.2) is 136 Å². The van der Waals surface area contributed by atoms with Crippen LogP contribution in [0.4, 0.5) is 0 Å². The van der Waals surface area contributed by atoms with Gasteiger partial charge in [-0.25, -0.2) is 0 Å². The van der Waals surface area contributed by atoms with Gasteiger partial charge in [0.05, 0.1) is 19.3 Å². The summed E-state index contributed by atoms with van der Waals surface area (Å²) in [4.78, 5) is 47.9. The van der Waals surface area contributed by atoms with E-state index in [0.29, 0.717) is 59.9 Å². The fourth-order valence-corrected chi connectivity index (χ4v) is 6.90. The molecule has 1 fully saturated rings. The zero-order valence-corrected chi connectivity index (χ0v) is 44.8. The fourth-order valence-electron chi connectivity index (χ4n) is 6.90. The molecule has 4 aliphatic rings. The van der Waals surface area contributed by atoms with Gasteiger partial charge in [-0.05, 0) is 28.8 Å². The minimum Gasteiger partial charge on any atom is -0.870 e. The van der Waals surface area contributed by atoms with Crippen LogP contribution < -0.4 is 65.9 Å². The van der Waals surface area contributed by atoms with E-state index in [-0.39, 0.29) is 61.8 Å². The fraction of sp³-hybridized carbons (Fsp3) is 0.400. The Kier molecular flexibility index (Phi) is 29.8. The Morgan fingerprint density at radius 1 is 0.813 bits per heavy atom. The molecule has 0 amide bonds. The molecule has 4 aromatic carbocycles. The van der Waals surface area contributed by atoms with Crippen LogP contribution >= 0.6 is 0 Å². The molecule has 4 heterocycles. The number of nitro groups is 2. The first-order valence-electron chi connectivity index (χ1n) is 22.3. The zero-order valence-electron chi connectivity index (χ0n) is 42.8. The molecule has 4 aliphatic heterocycles. The molecule has 30 heteroatoms. The minimum absolute atomic E-state index is 0. The summed E-state index contributed by atoms with van der Waals surface area (Å²) in [6.07, 6.45) is -0.101. The Labute approximate surface area is 456 Å². The number of nitrogens with two attached hydrogens (primary N) is 1. The number of carboxylic acids is 2. The number of carbonyl (C=O) groups excluding carboxylic acids is 1. The molecular formula is C45H59B4N4NaO21. The predicted molar refractivity (Wildman–Crippen MR) is 267 cm³/mol. The van der Waals surface area contributed by atoms with E-state index in [9.17, 15) is 19.9 Å². The van der Waals surface area contributed by atoms with Crippen LogP contribution in [0, 0.1) is 25.5 Å². The summed E-state index contributed by atoms with van der Waals surface area (Å²) in [6, 6.07) is 25.8. The average Bonchev–Trinajstić information content (AvgIpc) is 3.85. The summed E-state index contributed by atoms with van der Waals surface area (Å²) >= 11 is 0. The van der Waals surface area contributed by atoms with Gasteiger partial charge < -0.3 is 54.6 Å². The topological polar surface area (TPSA) is 370 Å². The average molecular weight is 1060 g/mol. The number of carbonyl (C=O) groups is 3. The number of hydrogen-bond acceptors (Lipinski definition) is 21. The molecule has 8 rings (SSSR count). The van der Waals surface area contributed by atoms with E-state index in [1.54, 1.807) is 36.4 Å². The molecule has 0 radical (unpaired) electrons. The van der Waals surface area contributed by atoms with Crippen LogP contribution in [0.3, 0.4) is 0 Å². The normalized spacial score (nSPS) is 16.3. The van der Waals surface area contributed by atoms with Crippen molar-refractivity contribution in [3.63, 3.8) is 0 Å². The van der Waals surface area contributed by atoms with E-state index >= 15 is 0 Å². The Hall–Kier alpha value is -5.81. The maximum Gasteiger partial charge on any atom is 1.00 e. The number of aliphatic carboxylic acids is 2. The summed E-state index contributed by atoms with van der Waals surface area (Å²) in [7, 11) is -0.568. The maximum absolute atomic E-state index is 11.4.